The molecule has 1 aromatic heterocycles. The van der Waals surface area contributed by atoms with E-state index in [4.69, 9.17) is 4.52 Å². The minimum Gasteiger partial charge on any atom is -0.360 e. The summed E-state index contributed by atoms with van der Waals surface area (Å²) in [5.41, 5.74) is 0. The lowest BCUT2D eigenvalue weighted by Gasteiger charge is -2.11. The third-order valence-corrected chi connectivity index (χ3v) is 4.04. The summed E-state index contributed by atoms with van der Waals surface area (Å²) in [5.74, 6) is 0.524. The molecule has 2 amide bonds. The monoisotopic (exact) mass is 277 g/mol. The fourth-order valence-electron chi connectivity index (χ4n) is 2.80. The number of rotatable bonds is 4. The van der Waals surface area contributed by atoms with Gasteiger partial charge in [-0.2, -0.15) is 0 Å². The molecule has 20 heavy (non-hydrogen) atoms. The van der Waals surface area contributed by atoms with Crippen molar-refractivity contribution in [1.29, 1.82) is 0 Å². The number of aromatic nitrogens is 1. The van der Waals surface area contributed by atoms with Crippen LogP contribution in [0.2, 0.25) is 0 Å². The number of nitrogens with one attached hydrogen (secondary N) is 2. The number of amides is 2. The van der Waals surface area contributed by atoms with E-state index >= 15 is 0 Å². The van der Waals surface area contributed by atoms with Gasteiger partial charge in [-0.1, -0.05) is 18.0 Å². The van der Waals surface area contributed by atoms with Crippen LogP contribution in [0.5, 0.6) is 0 Å². The Morgan fingerprint density at radius 3 is 2.60 bits per heavy atom. The molecule has 2 aliphatic rings. The molecule has 1 aromatic rings. The molecular formula is C14H19N3O3. The highest BCUT2D eigenvalue weighted by Crippen LogP contribution is 2.39. The van der Waals surface area contributed by atoms with E-state index in [1.807, 2.05) is 0 Å². The summed E-state index contributed by atoms with van der Waals surface area (Å²) in [7, 11) is 0. The highest BCUT2D eigenvalue weighted by atomic mass is 16.5. The molecule has 1 heterocycles. The van der Waals surface area contributed by atoms with Gasteiger partial charge in [0, 0.05) is 12.1 Å². The normalized spacial score (nSPS) is 25.4. The van der Waals surface area contributed by atoms with E-state index in [-0.39, 0.29) is 23.7 Å². The van der Waals surface area contributed by atoms with Gasteiger partial charge in [0.1, 0.15) is 5.76 Å². The number of hydrogen-bond acceptors (Lipinski definition) is 4. The van der Waals surface area contributed by atoms with Crippen LogP contribution >= 0.6 is 0 Å². The van der Waals surface area contributed by atoms with Gasteiger partial charge in [-0.25, -0.2) is 0 Å². The number of nitrogens with zero attached hydrogens (tertiary/aromatic N) is 1. The summed E-state index contributed by atoms with van der Waals surface area (Å²) in [6, 6.07) is 1.97. The molecule has 0 spiro atoms. The van der Waals surface area contributed by atoms with E-state index < -0.39 is 0 Å². The smallest absolute Gasteiger partial charge is 0.229 e. The first kappa shape index (κ1) is 13.1. The molecule has 2 saturated carbocycles. The highest BCUT2D eigenvalue weighted by molar-refractivity contribution is 5.99. The van der Waals surface area contributed by atoms with E-state index in [1.165, 1.54) is 12.8 Å². The zero-order valence-corrected chi connectivity index (χ0v) is 11.5. The molecule has 6 nitrogen and oxygen atoms in total. The maximum Gasteiger partial charge on any atom is 0.229 e. The standard InChI is InChI=1S/C14H19N3O3/c1-8-6-12(17-20-8)16-14(19)11-7-10(11)13(18)15-9-4-2-3-5-9/h6,9-11H,2-5,7H2,1H3,(H,15,18)(H,16,17,19). The summed E-state index contributed by atoms with van der Waals surface area (Å²) >= 11 is 0. The molecule has 3 rings (SSSR count). The minimum absolute atomic E-state index is 0.0217. The molecule has 0 aromatic carbocycles. The predicted molar refractivity (Wildman–Crippen MR) is 71.9 cm³/mol. The largest absolute Gasteiger partial charge is 0.360 e. The Balaban J connectivity index is 1.48. The number of carbonyl (C=O) groups excluding carboxylic acids is 2. The summed E-state index contributed by atoms with van der Waals surface area (Å²) in [6.45, 7) is 1.76. The van der Waals surface area contributed by atoms with Gasteiger partial charge < -0.3 is 15.2 Å². The van der Waals surface area contributed by atoms with Crippen molar-refractivity contribution in [2.75, 3.05) is 5.32 Å². The molecule has 2 N–H and O–H groups in total. The third-order valence-electron chi connectivity index (χ3n) is 4.04. The lowest BCUT2D eigenvalue weighted by molar-refractivity contribution is -0.125. The summed E-state index contributed by atoms with van der Waals surface area (Å²) in [6.07, 6.45) is 5.12. The van der Waals surface area contributed by atoms with E-state index in [0.29, 0.717) is 24.0 Å². The highest BCUT2D eigenvalue weighted by Gasteiger charge is 2.48. The number of carbonyl (C=O) groups is 2. The van der Waals surface area contributed by atoms with Crippen LogP contribution in [0.4, 0.5) is 5.82 Å². The quantitative estimate of drug-likeness (QED) is 0.875. The summed E-state index contributed by atoms with van der Waals surface area (Å²) in [4.78, 5) is 24.0. The maximum absolute atomic E-state index is 12.0. The third kappa shape index (κ3) is 2.84. The SMILES string of the molecule is Cc1cc(NC(=O)C2CC2C(=O)NC2CCCC2)no1. The number of hydrogen-bond donors (Lipinski definition) is 2. The van der Waals surface area contributed by atoms with Crippen LogP contribution in [0.3, 0.4) is 0 Å². The maximum atomic E-state index is 12.0. The Morgan fingerprint density at radius 1 is 1.25 bits per heavy atom. The first-order chi connectivity index (χ1) is 9.63. The summed E-state index contributed by atoms with van der Waals surface area (Å²) in [5, 5.41) is 9.43. The molecular weight excluding hydrogens is 258 g/mol. The molecule has 0 saturated heterocycles. The van der Waals surface area contributed by atoms with Gasteiger partial charge in [0.15, 0.2) is 5.82 Å². The van der Waals surface area contributed by atoms with Crippen molar-refractivity contribution in [3.05, 3.63) is 11.8 Å². The van der Waals surface area contributed by atoms with Crippen molar-refractivity contribution in [1.82, 2.24) is 10.5 Å². The number of aryl methyl sites for hydroxylation is 1. The number of anilines is 1. The van der Waals surface area contributed by atoms with Crippen molar-refractivity contribution in [2.24, 2.45) is 11.8 Å². The second-order valence-corrected chi connectivity index (χ2v) is 5.75. The molecule has 2 unspecified atom stereocenters. The Kier molecular flexibility index (Phi) is 3.46. The Bertz CT molecular complexity index is 519. The zero-order chi connectivity index (χ0) is 14.1. The second-order valence-electron chi connectivity index (χ2n) is 5.75. The zero-order valence-electron chi connectivity index (χ0n) is 11.5. The summed E-state index contributed by atoms with van der Waals surface area (Å²) < 4.78 is 4.88. The van der Waals surface area contributed by atoms with Crippen LogP contribution in [0.25, 0.3) is 0 Å². The van der Waals surface area contributed by atoms with Crippen molar-refractivity contribution in [3.63, 3.8) is 0 Å². The first-order valence-electron chi connectivity index (χ1n) is 7.18. The van der Waals surface area contributed by atoms with Crippen LogP contribution in [-0.4, -0.2) is 23.0 Å². The van der Waals surface area contributed by atoms with Crippen LogP contribution in [0.15, 0.2) is 10.6 Å². The fraction of sp³-hybridized carbons (Fsp3) is 0.643. The molecule has 2 fully saturated rings. The fourth-order valence-corrected chi connectivity index (χ4v) is 2.80. The van der Waals surface area contributed by atoms with Gasteiger partial charge >= 0.3 is 0 Å². The van der Waals surface area contributed by atoms with Crippen LogP contribution in [0.1, 0.15) is 37.9 Å². The molecule has 108 valence electrons. The average Bonchev–Trinajstić information content (AvgIpc) is 2.88. The van der Waals surface area contributed by atoms with E-state index in [2.05, 4.69) is 15.8 Å². The Hall–Kier alpha value is -1.85. The van der Waals surface area contributed by atoms with Crippen molar-refractivity contribution < 1.29 is 14.1 Å². The Morgan fingerprint density at radius 2 is 1.95 bits per heavy atom. The van der Waals surface area contributed by atoms with Crippen molar-refractivity contribution >= 4 is 17.6 Å². The molecule has 0 bridgehead atoms. The van der Waals surface area contributed by atoms with Gasteiger partial charge in [-0.15, -0.1) is 0 Å². The van der Waals surface area contributed by atoms with Gasteiger partial charge in [-0.05, 0) is 26.2 Å². The van der Waals surface area contributed by atoms with Crippen LogP contribution in [-0.2, 0) is 9.59 Å². The Labute approximate surface area is 117 Å². The van der Waals surface area contributed by atoms with Gasteiger partial charge in [-0.3, -0.25) is 9.59 Å². The van der Waals surface area contributed by atoms with E-state index in [9.17, 15) is 9.59 Å². The lowest BCUT2D eigenvalue weighted by atomic mass is 10.2. The molecule has 6 heteroatoms. The predicted octanol–water partition coefficient (Wildman–Crippen LogP) is 1.62. The van der Waals surface area contributed by atoms with E-state index in [1.54, 1.807) is 13.0 Å². The average molecular weight is 277 g/mol. The molecule has 0 radical (unpaired) electrons. The van der Waals surface area contributed by atoms with Gasteiger partial charge in [0.2, 0.25) is 11.8 Å². The van der Waals surface area contributed by atoms with E-state index in [0.717, 1.165) is 12.8 Å². The second kappa shape index (κ2) is 5.26. The molecule has 2 aliphatic carbocycles. The van der Waals surface area contributed by atoms with Crippen molar-refractivity contribution in [2.45, 2.75) is 45.1 Å². The molecule has 2 atom stereocenters. The van der Waals surface area contributed by atoms with Gasteiger partial charge in [0.25, 0.3) is 0 Å². The van der Waals surface area contributed by atoms with Crippen molar-refractivity contribution in [3.8, 4) is 0 Å². The lowest BCUT2D eigenvalue weighted by Crippen LogP contribution is -2.34. The van der Waals surface area contributed by atoms with Gasteiger partial charge in [0.05, 0.1) is 11.8 Å². The van der Waals surface area contributed by atoms with Crippen LogP contribution in [0, 0.1) is 18.8 Å². The first-order valence-corrected chi connectivity index (χ1v) is 7.18. The van der Waals surface area contributed by atoms with Crippen LogP contribution < -0.4 is 10.6 Å². The topological polar surface area (TPSA) is 84.2 Å². The minimum atomic E-state index is -0.228. The molecule has 0 aliphatic heterocycles.